The maximum atomic E-state index is 11.5. The monoisotopic (exact) mass is 283 g/mol. The van der Waals surface area contributed by atoms with Crippen molar-refractivity contribution in [2.75, 3.05) is 6.61 Å². The van der Waals surface area contributed by atoms with Crippen LogP contribution in [0.15, 0.2) is 47.5 Å². The molecule has 0 fully saturated rings. The summed E-state index contributed by atoms with van der Waals surface area (Å²) in [4.78, 5) is 15.8. The molecule has 0 heterocycles. The second kappa shape index (κ2) is 6.70. The highest BCUT2D eigenvalue weighted by atomic mass is 16.5. The molecule has 2 rings (SSSR count). The molecule has 108 valence electrons. The van der Waals surface area contributed by atoms with E-state index in [1.165, 1.54) is 0 Å². The first kappa shape index (κ1) is 14.8. The molecule has 0 saturated heterocycles. The maximum Gasteiger partial charge on any atom is 0.338 e. The van der Waals surface area contributed by atoms with Gasteiger partial charge in [-0.15, -0.1) is 0 Å². The molecular weight excluding hydrogens is 266 g/mol. The molecule has 4 heteroatoms. The molecule has 0 aromatic heterocycles. The standard InChI is InChI=1S/C17H17NO3/c1-3-21-17(20)13-5-7-15(8-6-13)18-11-14-10-12(2)4-9-16(14)19/h4-11,19H,3H2,1-2H3/b18-11+. The van der Waals surface area contributed by atoms with Gasteiger partial charge >= 0.3 is 5.97 Å². The molecule has 0 unspecified atom stereocenters. The number of benzene rings is 2. The Balaban J connectivity index is 2.14. The fourth-order valence-corrected chi connectivity index (χ4v) is 1.82. The van der Waals surface area contributed by atoms with Crippen LogP contribution >= 0.6 is 0 Å². The van der Waals surface area contributed by atoms with Gasteiger partial charge in [0.15, 0.2) is 0 Å². The highest BCUT2D eigenvalue weighted by Gasteiger charge is 2.05. The minimum absolute atomic E-state index is 0.187. The van der Waals surface area contributed by atoms with Gasteiger partial charge in [0.1, 0.15) is 5.75 Å². The second-order valence-corrected chi connectivity index (χ2v) is 4.59. The molecule has 0 atom stereocenters. The summed E-state index contributed by atoms with van der Waals surface area (Å²) in [7, 11) is 0. The van der Waals surface area contributed by atoms with E-state index in [2.05, 4.69) is 4.99 Å². The summed E-state index contributed by atoms with van der Waals surface area (Å²) >= 11 is 0. The number of aliphatic imine (C=N–C) groups is 1. The van der Waals surface area contributed by atoms with Crippen LogP contribution in [0, 0.1) is 6.92 Å². The number of carbonyl (C=O) groups is 1. The summed E-state index contributed by atoms with van der Waals surface area (Å²) in [5.41, 5.74) is 2.90. The topological polar surface area (TPSA) is 58.9 Å². The number of hydrogen-bond acceptors (Lipinski definition) is 4. The van der Waals surface area contributed by atoms with Crippen molar-refractivity contribution in [1.82, 2.24) is 0 Å². The molecule has 2 aromatic rings. The number of nitrogens with zero attached hydrogens (tertiary/aromatic N) is 1. The predicted molar refractivity (Wildman–Crippen MR) is 82.5 cm³/mol. The molecule has 0 aliphatic carbocycles. The molecule has 2 aromatic carbocycles. The van der Waals surface area contributed by atoms with Crippen LogP contribution in [-0.4, -0.2) is 23.9 Å². The molecule has 21 heavy (non-hydrogen) atoms. The number of hydrogen-bond donors (Lipinski definition) is 1. The Morgan fingerprint density at radius 1 is 1.24 bits per heavy atom. The minimum Gasteiger partial charge on any atom is -0.507 e. The molecule has 0 saturated carbocycles. The van der Waals surface area contributed by atoms with Gasteiger partial charge in [-0.25, -0.2) is 4.79 Å². The van der Waals surface area contributed by atoms with Crippen LogP contribution in [0.3, 0.4) is 0 Å². The number of aromatic hydroxyl groups is 1. The smallest absolute Gasteiger partial charge is 0.338 e. The normalized spacial score (nSPS) is 10.8. The zero-order valence-electron chi connectivity index (χ0n) is 12.0. The Kier molecular flexibility index (Phi) is 4.72. The molecule has 0 amide bonds. The van der Waals surface area contributed by atoms with E-state index in [1.54, 1.807) is 43.5 Å². The third-order valence-electron chi connectivity index (χ3n) is 2.91. The van der Waals surface area contributed by atoms with E-state index in [0.717, 1.165) is 5.56 Å². The Bertz CT molecular complexity index is 660. The van der Waals surface area contributed by atoms with Gasteiger partial charge in [-0.2, -0.15) is 0 Å². The zero-order valence-corrected chi connectivity index (χ0v) is 12.0. The summed E-state index contributed by atoms with van der Waals surface area (Å²) in [6, 6.07) is 12.1. The molecule has 0 radical (unpaired) electrons. The molecule has 4 nitrogen and oxygen atoms in total. The van der Waals surface area contributed by atoms with Crippen molar-refractivity contribution in [1.29, 1.82) is 0 Å². The van der Waals surface area contributed by atoms with Crippen LogP contribution in [0.5, 0.6) is 5.75 Å². The lowest BCUT2D eigenvalue weighted by molar-refractivity contribution is 0.0526. The second-order valence-electron chi connectivity index (χ2n) is 4.59. The van der Waals surface area contributed by atoms with Crippen LogP contribution in [-0.2, 0) is 4.74 Å². The van der Waals surface area contributed by atoms with Crippen molar-refractivity contribution in [2.45, 2.75) is 13.8 Å². The SMILES string of the molecule is CCOC(=O)c1ccc(/N=C/c2cc(C)ccc2O)cc1. The van der Waals surface area contributed by atoms with Crippen LogP contribution in [0.4, 0.5) is 5.69 Å². The molecule has 1 N–H and O–H groups in total. The summed E-state index contributed by atoms with van der Waals surface area (Å²) in [6.45, 7) is 4.07. The van der Waals surface area contributed by atoms with Gasteiger partial charge in [-0.3, -0.25) is 4.99 Å². The summed E-state index contributed by atoms with van der Waals surface area (Å²) in [6.07, 6.45) is 1.60. The van der Waals surface area contributed by atoms with Gasteiger partial charge in [-0.05, 0) is 50.2 Å². The first-order valence-electron chi connectivity index (χ1n) is 6.71. The lowest BCUT2D eigenvalue weighted by Crippen LogP contribution is -2.03. The number of rotatable bonds is 4. The fourth-order valence-electron chi connectivity index (χ4n) is 1.82. The zero-order chi connectivity index (χ0) is 15.2. The average molecular weight is 283 g/mol. The van der Waals surface area contributed by atoms with Crippen LogP contribution in [0.2, 0.25) is 0 Å². The van der Waals surface area contributed by atoms with Gasteiger partial charge in [0, 0.05) is 11.8 Å². The number of aryl methyl sites for hydroxylation is 1. The predicted octanol–water partition coefficient (Wildman–Crippen LogP) is 3.63. The quantitative estimate of drug-likeness (QED) is 0.688. The van der Waals surface area contributed by atoms with Gasteiger partial charge in [0.2, 0.25) is 0 Å². The van der Waals surface area contributed by atoms with Crippen molar-refractivity contribution < 1.29 is 14.6 Å². The van der Waals surface area contributed by atoms with Crippen molar-refractivity contribution in [2.24, 2.45) is 4.99 Å². The van der Waals surface area contributed by atoms with Gasteiger partial charge in [0.05, 0.1) is 17.9 Å². The fraction of sp³-hybridized carbons (Fsp3) is 0.176. The first-order chi connectivity index (χ1) is 10.1. The van der Waals surface area contributed by atoms with E-state index < -0.39 is 0 Å². The van der Waals surface area contributed by atoms with Gasteiger partial charge < -0.3 is 9.84 Å². The molecule has 0 aliphatic heterocycles. The van der Waals surface area contributed by atoms with Crippen LogP contribution in [0.25, 0.3) is 0 Å². The number of phenols is 1. The van der Waals surface area contributed by atoms with E-state index in [9.17, 15) is 9.90 Å². The molecule has 0 bridgehead atoms. The van der Waals surface area contributed by atoms with Crippen molar-refractivity contribution in [3.63, 3.8) is 0 Å². The number of ether oxygens (including phenoxy) is 1. The summed E-state index contributed by atoms with van der Waals surface area (Å²) in [5.74, 6) is -0.156. The highest BCUT2D eigenvalue weighted by molar-refractivity contribution is 5.90. The third-order valence-corrected chi connectivity index (χ3v) is 2.91. The van der Waals surface area contributed by atoms with E-state index in [-0.39, 0.29) is 11.7 Å². The van der Waals surface area contributed by atoms with Gasteiger partial charge in [-0.1, -0.05) is 11.6 Å². The van der Waals surface area contributed by atoms with E-state index >= 15 is 0 Å². The largest absolute Gasteiger partial charge is 0.507 e. The molecular formula is C17H17NO3. The number of phenolic OH excluding ortho intramolecular Hbond substituents is 1. The highest BCUT2D eigenvalue weighted by Crippen LogP contribution is 2.18. The van der Waals surface area contributed by atoms with Crippen molar-refractivity contribution in [3.8, 4) is 5.75 Å². The molecule has 0 spiro atoms. The Morgan fingerprint density at radius 2 is 1.95 bits per heavy atom. The summed E-state index contributed by atoms with van der Waals surface area (Å²) < 4.78 is 4.92. The number of carbonyl (C=O) groups excluding carboxylic acids is 1. The lowest BCUT2D eigenvalue weighted by atomic mass is 10.1. The third kappa shape index (κ3) is 3.92. The minimum atomic E-state index is -0.343. The first-order valence-corrected chi connectivity index (χ1v) is 6.71. The van der Waals surface area contributed by atoms with E-state index in [0.29, 0.717) is 23.4 Å². The lowest BCUT2D eigenvalue weighted by Gasteiger charge is -2.02. The van der Waals surface area contributed by atoms with Crippen molar-refractivity contribution >= 4 is 17.9 Å². The van der Waals surface area contributed by atoms with Crippen molar-refractivity contribution in [3.05, 3.63) is 59.2 Å². The van der Waals surface area contributed by atoms with Gasteiger partial charge in [0.25, 0.3) is 0 Å². The van der Waals surface area contributed by atoms with Crippen LogP contribution in [0.1, 0.15) is 28.4 Å². The van der Waals surface area contributed by atoms with Crippen LogP contribution < -0.4 is 0 Å². The summed E-state index contributed by atoms with van der Waals surface area (Å²) in [5, 5.41) is 9.74. The van der Waals surface area contributed by atoms with E-state index in [4.69, 9.17) is 4.74 Å². The average Bonchev–Trinajstić information content (AvgIpc) is 2.49. The molecule has 0 aliphatic rings. The Labute approximate surface area is 123 Å². The Hall–Kier alpha value is -2.62. The van der Waals surface area contributed by atoms with E-state index in [1.807, 2.05) is 19.1 Å². The Morgan fingerprint density at radius 3 is 2.62 bits per heavy atom. The number of esters is 1. The maximum absolute atomic E-state index is 11.5.